The zero-order valence-electron chi connectivity index (χ0n) is 12.5. The van der Waals surface area contributed by atoms with E-state index in [9.17, 15) is 8.42 Å². The second kappa shape index (κ2) is 6.09. The second-order valence-electron chi connectivity index (χ2n) is 5.81. The molecule has 3 rings (SSSR count). The van der Waals surface area contributed by atoms with Gasteiger partial charge < -0.3 is 9.47 Å². The van der Waals surface area contributed by atoms with Gasteiger partial charge in [-0.05, 0) is 25.5 Å². The Kier molecular flexibility index (Phi) is 4.49. The Labute approximate surface area is 136 Å². The van der Waals surface area contributed by atoms with Crippen LogP contribution >= 0.6 is 11.6 Å². The van der Waals surface area contributed by atoms with Crippen molar-refractivity contribution >= 4 is 21.6 Å². The third kappa shape index (κ3) is 2.90. The van der Waals surface area contributed by atoms with Crippen molar-refractivity contribution in [1.29, 1.82) is 0 Å². The van der Waals surface area contributed by atoms with E-state index in [1.807, 2.05) is 6.92 Å². The van der Waals surface area contributed by atoms with Crippen LogP contribution in [-0.2, 0) is 19.5 Å². The first kappa shape index (κ1) is 16.2. The standard InChI is InChI=1S/C15H20ClNO4S/c1-2-20-12-7-8-21-15(9-12)10-17(11-15)22(18,19)14-6-4-3-5-13(14)16/h3-6,12H,2,7-11H2,1H3/t12-/m1/s1. The highest BCUT2D eigenvalue weighted by atomic mass is 35.5. The molecular formula is C15H20ClNO4S. The van der Waals surface area contributed by atoms with Gasteiger partial charge in [0.25, 0.3) is 0 Å². The van der Waals surface area contributed by atoms with Crippen LogP contribution in [0.15, 0.2) is 29.2 Å². The summed E-state index contributed by atoms with van der Waals surface area (Å²) in [5.41, 5.74) is -0.396. The van der Waals surface area contributed by atoms with Crippen LogP contribution in [0.2, 0.25) is 5.02 Å². The number of nitrogens with zero attached hydrogens (tertiary/aromatic N) is 1. The Morgan fingerprint density at radius 2 is 2.14 bits per heavy atom. The molecule has 0 N–H and O–H groups in total. The summed E-state index contributed by atoms with van der Waals surface area (Å²) in [6, 6.07) is 6.52. The fourth-order valence-corrected chi connectivity index (χ4v) is 5.22. The Morgan fingerprint density at radius 1 is 1.41 bits per heavy atom. The zero-order valence-corrected chi connectivity index (χ0v) is 14.1. The molecular weight excluding hydrogens is 326 g/mol. The van der Waals surface area contributed by atoms with Crippen LogP contribution in [0, 0.1) is 0 Å². The van der Waals surface area contributed by atoms with Gasteiger partial charge in [0.05, 0.1) is 16.7 Å². The molecule has 1 spiro atoms. The minimum atomic E-state index is -3.56. The van der Waals surface area contributed by atoms with E-state index in [2.05, 4.69) is 0 Å². The van der Waals surface area contributed by atoms with Crippen molar-refractivity contribution in [1.82, 2.24) is 4.31 Å². The summed E-state index contributed by atoms with van der Waals surface area (Å²) in [5, 5.41) is 0.250. The quantitative estimate of drug-likeness (QED) is 0.840. The summed E-state index contributed by atoms with van der Waals surface area (Å²) in [6.07, 6.45) is 1.77. The molecule has 0 radical (unpaired) electrons. The minimum absolute atomic E-state index is 0.156. The van der Waals surface area contributed by atoms with Gasteiger partial charge in [0, 0.05) is 32.7 Å². The molecule has 5 nitrogen and oxygen atoms in total. The van der Waals surface area contributed by atoms with Crippen molar-refractivity contribution in [2.45, 2.75) is 36.4 Å². The minimum Gasteiger partial charge on any atom is -0.378 e. The fourth-order valence-electron chi connectivity index (χ4n) is 3.14. The molecule has 2 aliphatic heterocycles. The first-order valence-corrected chi connectivity index (χ1v) is 9.29. The maximum atomic E-state index is 12.6. The highest BCUT2D eigenvalue weighted by molar-refractivity contribution is 7.89. The van der Waals surface area contributed by atoms with Gasteiger partial charge in [0.2, 0.25) is 10.0 Å². The van der Waals surface area contributed by atoms with E-state index >= 15 is 0 Å². The molecule has 0 aliphatic carbocycles. The first-order valence-electron chi connectivity index (χ1n) is 7.47. The van der Waals surface area contributed by atoms with Crippen molar-refractivity contribution < 1.29 is 17.9 Å². The van der Waals surface area contributed by atoms with E-state index in [1.165, 1.54) is 10.4 Å². The van der Waals surface area contributed by atoms with Gasteiger partial charge in [0.15, 0.2) is 0 Å². The zero-order chi connectivity index (χ0) is 15.8. The van der Waals surface area contributed by atoms with E-state index in [-0.39, 0.29) is 16.0 Å². The van der Waals surface area contributed by atoms with E-state index in [1.54, 1.807) is 18.2 Å². The molecule has 0 aromatic heterocycles. The van der Waals surface area contributed by atoms with Crippen molar-refractivity contribution in [3.8, 4) is 0 Å². The molecule has 1 aromatic carbocycles. The van der Waals surface area contributed by atoms with E-state index < -0.39 is 15.6 Å². The molecule has 0 bridgehead atoms. The number of rotatable bonds is 4. The SMILES string of the molecule is CCO[C@@H]1CCOC2(C1)CN(S(=O)(=O)c1ccccc1Cl)C2. The highest BCUT2D eigenvalue weighted by Crippen LogP contribution is 2.39. The molecule has 0 unspecified atom stereocenters. The fraction of sp³-hybridized carbons (Fsp3) is 0.600. The number of benzene rings is 1. The van der Waals surface area contributed by atoms with Crippen molar-refractivity contribution in [2.75, 3.05) is 26.3 Å². The summed E-state index contributed by atoms with van der Waals surface area (Å²) in [4.78, 5) is 0.156. The Balaban J connectivity index is 1.71. The molecule has 122 valence electrons. The van der Waals surface area contributed by atoms with Crippen LogP contribution in [0.4, 0.5) is 0 Å². The van der Waals surface area contributed by atoms with Crippen LogP contribution in [-0.4, -0.2) is 50.7 Å². The molecule has 0 saturated carbocycles. The molecule has 2 heterocycles. The van der Waals surface area contributed by atoms with Gasteiger partial charge in [-0.1, -0.05) is 23.7 Å². The summed E-state index contributed by atoms with van der Waals surface area (Å²) < 4.78 is 38.2. The molecule has 2 aliphatic rings. The molecule has 1 atom stereocenters. The van der Waals surface area contributed by atoms with Crippen LogP contribution in [0.5, 0.6) is 0 Å². The van der Waals surface area contributed by atoms with E-state index in [0.29, 0.717) is 26.3 Å². The van der Waals surface area contributed by atoms with Crippen LogP contribution in [0.3, 0.4) is 0 Å². The van der Waals surface area contributed by atoms with Gasteiger partial charge in [0.1, 0.15) is 4.90 Å². The predicted octanol–water partition coefficient (Wildman–Crippen LogP) is 2.30. The third-order valence-corrected chi connectivity index (χ3v) is 6.53. The summed E-state index contributed by atoms with van der Waals surface area (Å²) >= 11 is 6.02. The van der Waals surface area contributed by atoms with E-state index in [0.717, 1.165) is 12.8 Å². The second-order valence-corrected chi connectivity index (χ2v) is 8.12. The van der Waals surface area contributed by atoms with Crippen LogP contribution < -0.4 is 0 Å². The van der Waals surface area contributed by atoms with Gasteiger partial charge >= 0.3 is 0 Å². The normalized spacial score (nSPS) is 25.1. The lowest BCUT2D eigenvalue weighted by Gasteiger charge is -2.52. The summed E-state index contributed by atoms with van der Waals surface area (Å²) in [7, 11) is -3.56. The Bertz CT molecular complexity index is 641. The monoisotopic (exact) mass is 345 g/mol. The van der Waals surface area contributed by atoms with Gasteiger partial charge in [-0.25, -0.2) is 8.42 Å². The van der Waals surface area contributed by atoms with Crippen molar-refractivity contribution in [2.24, 2.45) is 0 Å². The Morgan fingerprint density at radius 3 is 2.82 bits per heavy atom. The van der Waals surface area contributed by atoms with Gasteiger partial charge in [-0.3, -0.25) is 0 Å². The average Bonchev–Trinajstić information content (AvgIpc) is 2.45. The number of halogens is 1. The molecule has 22 heavy (non-hydrogen) atoms. The Hall–Kier alpha value is -0.660. The average molecular weight is 346 g/mol. The lowest BCUT2D eigenvalue weighted by molar-refractivity contribution is -0.177. The summed E-state index contributed by atoms with van der Waals surface area (Å²) in [6.45, 7) is 3.98. The third-order valence-electron chi connectivity index (χ3n) is 4.23. The number of ether oxygens (including phenoxy) is 2. The first-order chi connectivity index (χ1) is 10.5. The maximum Gasteiger partial charge on any atom is 0.244 e. The lowest BCUT2D eigenvalue weighted by Crippen LogP contribution is -2.67. The molecule has 2 saturated heterocycles. The largest absolute Gasteiger partial charge is 0.378 e. The predicted molar refractivity (Wildman–Crippen MR) is 83.5 cm³/mol. The van der Waals surface area contributed by atoms with Crippen LogP contribution in [0.1, 0.15) is 19.8 Å². The number of hydrogen-bond donors (Lipinski definition) is 0. The van der Waals surface area contributed by atoms with Crippen molar-refractivity contribution in [3.05, 3.63) is 29.3 Å². The molecule has 7 heteroatoms. The molecule has 1 aromatic rings. The number of sulfonamides is 1. The van der Waals surface area contributed by atoms with Gasteiger partial charge in [-0.15, -0.1) is 0 Å². The maximum absolute atomic E-state index is 12.6. The van der Waals surface area contributed by atoms with Crippen molar-refractivity contribution in [3.63, 3.8) is 0 Å². The highest BCUT2D eigenvalue weighted by Gasteiger charge is 2.52. The summed E-state index contributed by atoms with van der Waals surface area (Å²) in [5.74, 6) is 0. The number of hydrogen-bond acceptors (Lipinski definition) is 4. The van der Waals surface area contributed by atoms with E-state index in [4.69, 9.17) is 21.1 Å². The molecule has 2 fully saturated rings. The van der Waals surface area contributed by atoms with Gasteiger partial charge in [-0.2, -0.15) is 4.31 Å². The smallest absolute Gasteiger partial charge is 0.244 e. The molecule has 0 amide bonds. The lowest BCUT2D eigenvalue weighted by atomic mass is 9.86. The van der Waals surface area contributed by atoms with Crippen LogP contribution in [0.25, 0.3) is 0 Å². The topological polar surface area (TPSA) is 55.8 Å².